The Morgan fingerprint density at radius 3 is 1.91 bits per heavy atom. The van der Waals surface area contributed by atoms with Gasteiger partial charge in [0.1, 0.15) is 11.5 Å². The van der Waals surface area contributed by atoms with Crippen molar-refractivity contribution in [3.8, 4) is 11.5 Å². The van der Waals surface area contributed by atoms with Gasteiger partial charge in [0.15, 0.2) is 0 Å². The summed E-state index contributed by atoms with van der Waals surface area (Å²) in [5, 5.41) is 19.7. The van der Waals surface area contributed by atoms with E-state index in [1.807, 2.05) is 0 Å². The highest BCUT2D eigenvalue weighted by atomic mass is 32.2. The monoisotopic (exact) mass is 320 g/mol. The van der Waals surface area contributed by atoms with Crippen LogP contribution < -0.4 is 0 Å². The van der Waals surface area contributed by atoms with Crippen LogP contribution in [-0.2, 0) is 9.84 Å². The van der Waals surface area contributed by atoms with E-state index >= 15 is 0 Å². The molecule has 0 heterocycles. The molecule has 0 atom stereocenters. The van der Waals surface area contributed by atoms with Crippen molar-refractivity contribution in [2.75, 3.05) is 0 Å². The van der Waals surface area contributed by atoms with Crippen LogP contribution in [0.1, 0.15) is 27.8 Å². The molecule has 0 saturated heterocycles. The molecule has 2 aromatic rings. The fourth-order valence-electron chi connectivity index (χ4n) is 2.60. The Kier molecular flexibility index (Phi) is 3.96. The van der Waals surface area contributed by atoms with Gasteiger partial charge in [0.25, 0.3) is 0 Å². The molecule has 2 N–H and O–H groups in total. The topological polar surface area (TPSA) is 74.6 Å². The lowest BCUT2D eigenvalue weighted by Crippen LogP contribution is -2.10. The zero-order valence-electron chi connectivity index (χ0n) is 13.4. The van der Waals surface area contributed by atoms with Crippen molar-refractivity contribution in [1.29, 1.82) is 0 Å². The summed E-state index contributed by atoms with van der Waals surface area (Å²) >= 11 is 0. The highest BCUT2D eigenvalue weighted by molar-refractivity contribution is 7.91. The molecule has 2 rings (SSSR count). The average molecular weight is 320 g/mol. The molecule has 2 aromatic carbocycles. The maximum absolute atomic E-state index is 13.1. The van der Waals surface area contributed by atoms with E-state index in [1.165, 1.54) is 12.1 Å². The molecule has 0 unspecified atom stereocenters. The second kappa shape index (κ2) is 5.32. The Morgan fingerprint density at radius 2 is 1.32 bits per heavy atom. The molecule has 22 heavy (non-hydrogen) atoms. The number of aryl methyl sites for hydroxylation is 2. The van der Waals surface area contributed by atoms with Crippen LogP contribution in [0.5, 0.6) is 11.5 Å². The molecule has 0 amide bonds. The predicted octanol–water partition coefficient (Wildman–Crippen LogP) is 3.47. The van der Waals surface area contributed by atoms with Gasteiger partial charge in [-0.1, -0.05) is 0 Å². The molecule has 0 spiro atoms. The highest BCUT2D eigenvalue weighted by Crippen LogP contribution is 2.36. The standard InChI is InChI=1S/C17H20O4S/c1-9-6-14(18)8-16(11(9)3)22(20,21)17-12(4)10(2)7-15(19)13(17)5/h6-8,18-19H,1-5H3. The summed E-state index contributed by atoms with van der Waals surface area (Å²) in [5.74, 6) is -0.134. The predicted molar refractivity (Wildman–Crippen MR) is 85.4 cm³/mol. The summed E-state index contributed by atoms with van der Waals surface area (Å²) in [7, 11) is -3.84. The molecule has 0 aromatic heterocycles. The van der Waals surface area contributed by atoms with Crippen LogP contribution >= 0.6 is 0 Å². The SMILES string of the molecule is Cc1cc(O)cc(S(=O)(=O)c2c(C)c(C)cc(O)c2C)c1C. The second-order valence-corrected chi connectivity index (χ2v) is 7.54. The third kappa shape index (κ3) is 2.46. The summed E-state index contributed by atoms with van der Waals surface area (Å²) in [4.78, 5) is 0.180. The minimum absolute atomic E-state index is 0.0452. The fourth-order valence-corrected chi connectivity index (χ4v) is 4.73. The zero-order chi connectivity index (χ0) is 16.8. The first-order valence-corrected chi connectivity index (χ1v) is 8.40. The molecule has 0 bridgehead atoms. The molecular weight excluding hydrogens is 300 g/mol. The highest BCUT2D eigenvalue weighted by Gasteiger charge is 2.27. The maximum Gasteiger partial charge on any atom is 0.207 e. The molecule has 0 radical (unpaired) electrons. The Hall–Kier alpha value is -2.01. The van der Waals surface area contributed by atoms with Crippen molar-refractivity contribution in [1.82, 2.24) is 0 Å². The van der Waals surface area contributed by atoms with Gasteiger partial charge in [-0.15, -0.1) is 0 Å². The van der Waals surface area contributed by atoms with Crippen LogP contribution in [-0.4, -0.2) is 18.6 Å². The van der Waals surface area contributed by atoms with Gasteiger partial charge in [-0.3, -0.25) is 0 Å². The number of phenols is 2. The molecule has 0 aliphatic carbocycles. The zero-order valence-corrected chi connectivity index (χ0v) is 14.2. The smallest absolute Gasteiger partial charge is 0.207 e. The average Bonchev–Trinajstić information content (AvgIpc) is 2.40. The van der Waals surface area contributed by atoms with E-state index < -0.39 is 9.84 Å². The molecule has 4 nitrogen and oxygen atoms in total. The van der Waals surface area contributed by atoms with Crippen LogP contribution in [0.25, 0.3) is 0 Å². The third-order valence-electron chi connectivity index (χ3n) is 4.17. The lowest BCUT2D eigenvalue weighted by Gasteiger charge is -2.17. The number of hydrogen-bond donors (Lipinski definition) is 2. The van der Waals surface area contributed by atoms with Crippen molar-refractivity contribution in [3.05, 3.63) is 46.0 Å². The van der Waals surface area contributed by atoms with Gasteiger partial charge < -0.3 is 10.2 Å². The molecule has 118 valence electrons. The van der Waals surface area contributed by atoms with E-state index in [9.17, 15) is 18.6 Å². The summed E-state index contributed by atoms with van der Waals surface area (Å²) < 4.78 is 26.2. The van der Waals surface area contributed by atoms with Crippen LogP contribution in [0.3, 0.4) is 0 Å². The number of sulfone groups is 1. The van der Waals surface area contributed by atoms with Gasteiger partial charge in [-0.25, -0.2) is 8.42 Å². The van der Waals surface area contributed by atoms with Crippen molar-refractivity contribution < 1.29 is 18.6 Å². The molecule has 0 fully saturated rings. The Balaban J connectivity index is 2.89. The largest absolute Gasteiger partial charge is 0.508 e. The Bertz CT molecular complexity index is 839. The number of rotatable bonds is 2. The van der Waals surface area contributed by atoms with Crippen LogP contribution in [0.4, 0.5) is 0 Å². The lowest BCUT2D eigenvalue weighted by atomic mass is 10.1. The van der Waals surface area contributed by atoms with E-state index in [2.05, 4.69) is 0 Å². The quantitative estimate of drug-likeness (QED) is 0.888. The van der Waals surface area contributed by atoms with Gasteiger partial charge >= 0.3 is 0 Å². The van der Waals surface area contributed by atoms with Gasteiger partial charge in [0.05, 0.1) is 9.79 Å². The minimum Gasteiger partial charge on any atom is -0.508 e. The molecule has 0 aliphatic heterocycles. The van der Waals surface area contributed by atoms with Crippen LogP contribution in [0.2, 0.25) is 0 Å². The molecular formula is C17H20O4S. The number of hydrogen-bond acceptors (Lipinski definition) is 4. The van der Waals surface area contributed by atoms with Gasteiger partial charge in [-0.05, 0) is 75.1 Å². The number of aromatic hydroxyl groups is 2. The van der Waals surface area contributed by atoms with Crippen molar-refractivity contribution in [3.63, 3.8) is 0 Å². The van der Waals surface area contributed by atoms with Crippen LogP contribution in [0.15, 0.2) is 28.0 Å². The van der Waals surface area contributed by atoms with Gasteiger partial charge in [0.2, 0.25) is 9.84 Å². The Labute approximate surface area is 131 Å². The Morgan fingerprint density at radius 1 is 0.773 bits per heavy atom. The van der Waals surface area contributed by atoms with E-state index in [4.69, 9.17) is 0 Å². The van der Waals surface area contributed by atoms with E-state index in [-0.39, 0.29) is 21.3 Å². The van der Waals surface area contributed by atoms with Crippen molar-refractivity contribution >= 4 is 9.84 Å². The summed E-state index contributed by atoms with van der Waals surface area (Å²) in [5.41, 5.74) is 2.93. The minimum atomic E-state index is -3.84. The second-order valence-electron chi connectivity index (χ2n) is 5.68. The number of phenolic OH excluding ortho intramolecular Hbond substituents is 2. The lowest BCUT2D eigenvalue weighted by molar-refractivity contribution is 0.467. The normalized spacial score (nSPS) is 11.7. The van der Waals surface area contributed by atoms with E-state index in [0.717, 1.165) is 0 Å². The summed E-state index contributed by atoms with van der Waals surface area (Å²) in [6, 6.07) is 4.35. The van der Waals surface area contributed by atoms with Gasteiger partial charge in [-0.2, -0.15) is 0 Å². The summed E-state index contributed by atoms with van der Waals surface area (Å²) in [6.45, 7) is 8.52. The maximum atomic E-state index is 13.1. The first kappa shape index (κ1) is 16.4. The summed E-state index contributed by atoms with van der Waals surface area (Å²) in [6.07, 6.45) is 0. The number of benzene rings is 2. The van der Waals surface area contributed by atoms with Crippen molar-refractivity contribution in [2.24, 2.45) is 0 Å². The molecule has 5 heteroatoms. The van der Waals surface area contributed by atoms with E-state index in [1.54, 1.807) is 40.7 Å². The van der Waals surface area contributed by atoms with Gasteiger partial charge in [0, 0.05) is 5.56 Å². The van der Waals surface area contributed by atoms with Crippen LogP contribution in [0, 0.1) is 34.6 Å². The molecule has 0 saturated carbocycles. The van der Waals surface area contributed by atoms with E-state index in [0.29, 0.717) is 27.8 Å². The molecule has 0 aliphatic rings. The fraction of sp³-hybridized carbons (Fsp3) is 0.294. The third-order valence-corrected chi connectivity index (χ3v) is 6.33. The first-order valence-electron chi connectivity index (χ1n) is 6.92. The first-order chi connectivity index (χ1) is 10.1. The van der Waals surface area contributed by atoms with Crippen molar-refractivity contribution in [2.45, 2.75) is 44.4 Å².